The molecule has 66 valence electrons. The van der Waals surface area contributed by atoms with Gasteiger partial charge >= 0.3 is 0 Å². The zero-order chi connectivity index (χ0) is 9.14. The maximum atomic E-state index is 2.27. The number of benzene rings is 1. The first kappa shape index (κ1) is 9.31. The lowest BCUT2D eigenvalue weighted by Crippen LogP contribution is -1.97. The van der Waals surface area contributed by atoms with E-state index < -0.39 is 0 Å². The predicted molar refractivity (Wildman–Crippen MR) is 54.5 cm³/mol. The van der Waals surface area contributed by atoms with Crippen LogP contribution in [0, 0.1) is 19.8 Å². The maximum absolute atomic E-state index is 2.27. The SMILES string of the molecule is Cc1cccc(CC(C)C)c1C. The smallest absolute Gasteiger partial charge is 0.0253 e. The Labute approximate surface area is 75.6 Å². The molecule has 0 aliphatic rings. The van der Waals surface area contributed by atoms with Gasteiger partial charge in [-0.05, 0) is 42.9 Å². The Hall–Kier alpha value is -0.780. The van der Waals surface area contributed by atoms with Crippen molar-refractivity contribution in [3.63, 3.8) is 0 Å². The van der Waals surface area contributed by atoms with Crippen LogP contribution in [0.1, 0.15) is 30.5 Å². The summed E-state index contributed by atoms with van der Waals surface area (Å²) in [6, 6.07) is 6.57. The summed E-state index contributed by atoms with van der Waals surface area (Å²) in [4.78, 5) is 0. The number of rotatable bonds is 2. The highest BCUT2D eigenvalue weighted by Gasteiger charge is 2.02. The monoisotopic (exact) mass is 162 g/mol. The van der Waals surface area contributed by atoms with Gasteiger partial charge in [0.1, 0.15) is 0 Å². The lowest BCUT2D eigenvalue weighted by molar-refractivity contribution is 0.644. The average molecular weight is 162 g/mol. The molecule has 0 heterocycles. The van der Waals surface area contributed by atoms with Gasteiger partial charge in [-0.2, -0.15) is 0 Å². The van der Waals surface area contributed by atoms with Crippen LogP contribution in [0.25, 0.3) is 0 Å². The Morgan fingerprint density at radius 3 is 2.42 bits per heavy atom. The van der Waals surface area contributed by atoms with E-state index in [0.29, 0.717) is 0 Å². The van der Waals surface area contributed by atoms with Crippen molar-refractivity contribution in [3.05, 3.63) is 34.9 Å². The molecule has 0 bridgehead atoms. The molecular formula is C12H18. The fraction of sp³-hybridized carbons (Fsp3) is 0.500. The van der Waals surface area contributed by atoms with E-state index in [2.05, 4.69) is 45.9 Å². The summed E-state index contributed by atoms with van der Waals surface area (Å²) in [7, 11) is 0. The lowest BCUT2D eigenvalue weighted by Gasteiger charge is -2.10. The van der Waals surface area contributed by atoms with Crippen LogP contribution in [-0.4, -0.2) is 0 Å². The molecule has 0 heteroatoms. The molecule has 0 aromatic heterocycles. The van der Waals surface area contributed by atoms with Crippen molar-refractivity contribution in [1.29, 1.82) is 0 Å². The van der Waals surface area contributed by atoms with Gasteiger partial charge in [-0.3, -0.25) is 0 Å². The van der Waals surface area contributed by atoms with Crippen LogP contribution >= 0.6 is 0 Å². The van der Waals surface area contributed by atoms with E-state index in [9.17, 15) is 0 Å². The molecule has 0 atom stereocenters. The minimum atomic E-state index is 0.755. The van der Waals surface area contributed by atoms with Gasteiger partial charge in [0.25, 0.3) is 0 Å². The molecule has 0 unspecified atom stereocenters. The first-order chi connectivity index (χ1) is 5.61. The van der Waals surface area contributed by atoms with Gasteiger partial charge in [0, 0.05) is 0 Å². The molecular weight excluding hydrogens is 144 g/mol. The molecule has 1 aromatic carbocycles. The summed E-state index contributed by atoms with van der Waals surface area (Å²) >= 11 is 0. The predicted octanol–water partition coefficient (Wildman–Crippen LogP) is 3.50. The van der Waals surface area contributed by atoms with Crippen LogP contribution < -0.4 is 0 Å². The van der Waals surface area contributed by atoms with Crippen LogP contribution in [-0.2, 0) is 6.42 Å². The quantitative estimate of drug-likeness (QED) is 0.624. The fourth-order valence-corrected chi connectivity index (χ4v) is 1.47. The third-order valence-electron chi connectivity index (χ3n) is 2.34. The minimum Gasteiger partial charge on any atom is -0.0625 e. The summed E-state index contributed by atoms with van der Waals surface area (Å²) in [5.41, 5.74) is 4.38. The van der Waals surface area contributed by atoms with Crippen molar-refractivity contribution in [2.75, 3.05) is 0 Å². The topological polar surface area (TPSA) is 0 Å². The summed E-state index contributed by atoms with van der Waals surface area (Å²) in [5, 5.41) is 0. The van der Waals surface area contributed by atoms with Crippen LogP contribution in [0.15, 0.2) is 18.2 Å². The number of hydrogen-bond acceptors (Lipinski definition) is 0. The van der Waals surface area contributed by atoms with Crippen LogP contribution in [0.3, 0.4) is 0 Å². The van der Waals surface area contributed by atoms with E-state index in [1.807, 2.05) is 0 Å². The highest BCUT2D eigenvalue weighted by atomic mass is 14.1. The second-order valence-electron chi connectivity index (χ2n) is 3.96. The normalized spacial score (nSPS) is 10.8. The summed E-state index contributed by atoms with van der Waals surface area (Å²) in [5.74, 6) is 0.755. The standard InChI is InChI=1S/C12H18/c1-9(2)8-12-7-5-6-10(3)11(12)4/h5-7,9H,8H2,1-4H3. The fourth-order valence-electron chi connectivity index (χ4n) is 1.47. The zero-order valence-electron chi connectivity index (χ0n) is 8.52. The Bertz CT molecular complexity index is 259. The molecule has 0 saturated heterocycles. The zero-order valence-corrected chi connectivity index (χ0v) is 8.52. The van der Waals surface area contributed by atoms with Gasteiger partial charge in [-0.15, -0.1) is 0 Å². The molecule has 12 heavy (non-hydrogen) atoms. The average Bonchev–Trinajstić information content (AvgIpc) is 1.98. The molecule has 0 spiro atoms. The molecule has 0 saturated carbocycles. The maximum Gasteiger partial charge on any atom is -0.0253 e. The second-order valence-corrected chi connectivity index (χ2v) is 3.96. The van der Waals surface area contributed by atoms with Gasteiger partial charge in [-0.1, -0.05) is 32.0 Å². The van der Waals surface area contributed by atoms with E-state index in [1.54, 1.807) is 0 Å². The molecule has 0 amide bonds. The van der Waals surface area contributed by atoms with Crippen LogP contribution in [0.5, 0.6) is 0 Å². The largest absolute Gasteiger partial charge is 0.0625 e. The molecule has 1 rings (SSSR count). The van der Waals surface area contributed by atoms with E-state index in [0.717, 1.165) is 5.92 Å². The van der Waals surface area contributed by atoms with E-state index in [-0.39, 0.29) is 0 Å². The minimum absolute atomic E-state index is 0.755. The Kier molecular flexibility index (Phi) is 2.91. The lowest BCUT2D eigenvalue weighted by atomic mass is 9.96. The van der Waals surface area contributed by atoms with Gasteiger partial charge < -0.3 is 0 Å². The number of aryl methyl sites for hydroxylation is 1. The van der Waals surface area contributed by atoms with E-state index in [1.165, 1.54) is 23.1 Å². The highest BCUT2D eigenvalue weighted by Crippen LogP contribution is 2.16. The van der Waals surface area contributed by atoms with E-state index >= 15 is 0 Å². The van der Waals surface area contributed by atoms with Gasteiger partial charge in [-0.25, -0.2) is 0 Å². The van der Waals surface area contributed by atoms with Crippen molar-refractivity contribution in [3.8, 4) is 0 Å². The molecule has 0 N–H and O–H groups in total. The van der Waals surface area contributed by atoms with Gasteiger partial charge in [0.15, 0.2) is 0 Å². The molecule has 0 fully saturated rings. The molecule has 0 aliphatic heterocycles. The Morgan fingerprint density at radius 2 is 1.83 bits per heavy atom. The van der Waals surface area contributed by atoms with Gasteiger partial charge in [0.2, 0.25) is 0 Å². The van der Waals surface area contributed by atoms with Crippen molar-refractivity contribution in [2.45, 2.75) is 34.1 Å². The van der Waals surface area contributed by atoms with Crippen molar-refractivity contribution in [2.24, 2.45) is 5.92 Å². The van der Waals surface area contributed by atoms with Crippen molar-refractivity contribution >= 4 is 0 Å². The Morgan fingerprint density at radius 1 is 1.17 bits per heavy atom. The first-order valence-corrected chi connectivity index (χ1v) is 4.66. The summed E-state index contributed by atoms with van der Waals surface area (Å²) in [6.07, 6.45) is 1.20. The first-order valence-electron chi connectivity index (χ1n) is 4.66. The third kappa shape index (κ3) is 2.10. The summed E-state index contributed by atoms with van der Waals surface area (Å²) < 4.78 is 0. The van der Waals surface area contributed by atoms with Crippen molar-refractivity contribution < 1.29 is 0 Å². The number of hydrogen-bond donors (Lipinski definition) is 0. The van der Waals surface area contributed by atoms with Crippen molar-refractivity contribution in [1.82, 2.24) is 0 Å². The highest BCUT2D eigenvalue weighted by molar-refractivity contribution is 5.33. The van der Waals surface area contributed by atoms with Crippen LogP contribution in [0.2, 0.25) is 0 Å². The molecule has 1 aromatic rings. The Balaban J connectivity index is 2.92. The molecule has 0 aliphatic carbocycles. The summed E-state index contributed by atoms with van der Waals surface area (Å²) in [6.45, 7) is 8.93. The van der Waals surface area contributed by atoms with E-state index in [4.69, 9.17) is 0 Å². The molecule has 0 radical (unpaired) electrons. The third-order valence-corrected chi connectivity index (χ3v) is 2.34. The molecule has 0 nitrogen and oxygen atoms in total. The van der Waals surface area contributed by atoms with Gasteiger partial charge in [0.05, 0.1) is 0 Å². The van der Waals surface area contributed by atoms with Crippen LogP contribution in [0.4, 0.5) is 0 Å². The second kappa shape index (κ2) is 3.75.